The van der Waals surface area contributed by atoms with E-state index in [2.05, 4.69) is 18.7 Å². The predicted molar refractivity (Wildman–Crippen MR) is 87.6 cm³/mol. The minimum absolute atomic E-state index is 0.219. The highest BCUT2D eigenvalue weighted by Crippen LogP contribution is 2.37. The lowest BCUT2D eigenvalue weighted by Crippen LogP contribution is -2.50. The standard InChI is InChI=1S/C18H32N2O2/c1-13(2)20-8-6-16-15(12-22-11-14-4-5-14)10-19(3)18(21)17(16)7-9-20/h13-17H,4-12H2,1-3H3/t15-,16+,17+/m0/s1. The number of hydrogen-bond donors (Lipinski definition) is 0. The molecule has 2 heterocycles. The first-order chi connectivity index (χ1) is 10.6. The molecule has 0 aromatic rings. The third kappa shape index (κ3) is 3.65. The predicted octanol–water partition coefficient (Wildman–Crippen LogP) is 2.24. The van der Waals surface area contributed by atoms with Crippen LogP contribution in [0.5, 0.6) is 0 Å². The highest BCUT2D eigenvalue weighted by atomic mass is 16.5. The summed E-state index contributed by atoms with van der Waals surface area (Å²) in [5, 5.41) is 0. The zero-order chi connectivity index (χ0) is 15.7. The maximum Gasteiger partial charge on any atom is 0.225 e. The van der Waals surface area contributed by atoms with Gasteiger partial charge in [-0.1, -0.05) is 0 Å². The van der Waals surface area contributed by atoms with Crippen molar-refractivity contribution in [2.75, 3.05) is 39.9 Å². The zero-order valence-electron chi connectivity index (χ0n) is 14.5. The van der Waals surface area contributed by atoms with Crippen molar-refractivity contribution < 1.29 is 9.53 Å². The van der Waals surface area contributed by atoms with Gasteiger partial charge in [0.15, 0.2) is 0 Å². The average Bonchev–Trinajstić information content (AvgIpc) is 3.29. The van der Waals surface area contributed by atoms with Crippen LogP contribution in [-0.4, -0.2) is 61.6 Å². The molecule has 4 heteroatoms. The molecule has 4 nitrogen and oxygen atoms in total. The van der Waals surface area contributed by atoms with Gasteiger partial charge in [0.1, 0.15) is 0 Å². The molecule has 3 fully saturated rings. The minimum atomic E-state index is 0.219. The summed E-state index contributed by atoms with van der Waals surface area (Å²) in [5.41, 5.74) is 0. The largest absolute Gasteiger partial charge is 0.381 e. The number of ether oxygens (including phenoxy) is 1. The van der Waals surface area contributed by atoms with Crippen LogP contribution < -0.4 is 0 Å². The van der Waals surface area contributed by atoms with Gasteiger partial charge in [0, 0.05) is 38.1 Å². The molecule has 0 aromatic carbocycles. The van der Waals surface area contributed by atoms with Gasteiger partial charge in [-0.3, -0.25) is 4.79 Å². The number of carbonyl (C=O) groups excluding carboxylic acids is 1. The molecule has 0 spiro atoms. The van der Waals surface area contributed by atoms with Crippen molar-refractivity contribution in [2.45, 2.75) is 45.6 Å². The van der Waals surface area contributed by atoms with E-state index in [1.807, 2.05) is 11.9 Å². The second-order valence-corrected chi connectivity index (χ2v) is 7.94. The Morgan fingerprint density at radius 3 is 2.55 bits per heavy atom. The van der Waals surface area contributed by atoms with Crippen molar-refractivity contribution in [1.29, 1.82) is 0 Å². The van der Waals surface area contributed by atoms with Crippen LogP contribution in [0.1, 0.15) is 39.5 Å². The molecule has 22 heavy (non-hydrogen) atoms. The normalized spacial score (nSPS) is 33.9. The molecule has 0 unspecified atom stereocenters. The van der Waals surface area contributed by atoms with E-state index >= 15 is 0 Å². The van der Waals surface area contributed by atoms with Crippen LogP contribution in [0.2, 0.25) is 0 Å². The summed E-state index contributed by atoms with van der Waals surface area (Å²) in [4.78, 5) is 17.1. The summed E-state index contributed by atoms with van der Waals surface area (Å²) in [6, 6.07) is 0.581. The van der Waals surface area contributed by atoms with E-state index in [1.54, 1.807) is 0 Å². The number of likely N-dealkylation sites (tertiary alicyclic amines) is 2. The van der Waals surface area contributed by atoms with Crippen LogP contribution in [0.3, 0.4) is 0 Å². The van der Waals surface area contributed by atoms with E-state index < -0.39 is 0 Å². The lowest BCUT2D eigenvalue weighted by Gasteiger charge is -2.41. The van der Waals surface area contributed by atoms with Crippen LogP contribution in [0.15, 0.2) is 0 Å². The van der Waals surface area contributed by atoms with E-state index in [0.29, 0.717) is 23.8 Å². The molecule has 2 aliphatic heterocycles. The van der Waals surface area contributed by atoms with Gasteiger partial charge in [-0.2, -0.15) is 0 Å². The zero-order valence-corrected chi connectivity index (χ0v) is 14.5. The molecule has 3 atom stereocenters. The van der Waals surface area contributed by atoms with Gasteiger partial charge in [-0.25, -0.2) is 0 Å². The maximum absolute atomic E-state index is 12.6. The highest BCUT2D eigenvalue weighted by Gasteiger charge is 2.42. The smallest absolute Gasteiger partial charge is 0.225 e. The van der Waals surface area contributed by atoms with Gasteiger partial charge >= 0.3 is 0 Å². The molecule has 3 rings (SSSR count). The van der Waals surface area contributed by atoms with Gasteiger partial charge in [0.2, 0.25) is 5.91 Å². The Morgan fingerprint density at radius 1 is 1.14 bits per heavy atom. The van der Waals surface area contributed by atoms with Gasteiger partial charge in [0.25, 0.3) is 0 Å². The fourth-order valence-electron chi connectivity index (χ4n) is 4.24. The van der Waals surface area contributed by atoms with E-state index in [1.165, 1.54) is 12.8 Å². The van der Waals surface area contributed by atoms with E-state index in [9.17, 15) is 4.79 Å². The maximum atomic E-state index is 12.6. The lowest BCUT2D eigenvalue weighted by molar-refractivity contribution is -0.144. The molecule has 0 bridgehead atoms. The molecular weight excluding hydrogens is 276 g/mol. The first kappa shape index (κ1) is 16.3. The monoisotopic (exact) mass is 308 g/mol. The first-order valence-corrected chi connectivity index (χ1v) is 9.13. The number of carbonyl (C=O) groups is 1. The van der Waals surface area contributed by atoms with Crippen molar-refractivity contribution in [3.63, 3.8) is 0 Å². The third-order valence-electron chi connectivity index (χ3n) is 5.91. The average molecular weight is 308 g/mol. The second kappa shape index (κ2) is 6.88. The first-order valence-electron chi connectivity index (χ1n) is 9.13. The van der Waals surface area contributed by atoms with Crippen molar-refractivity contribution in [3.05, 3.63) is 0 Å². The number of piperidine rings is 1. The summed E-state index contributed by atoms with van der Waals surface area (Å²) < 4.78 is 5.99. The molecule has 0 radical (unpaired) electrons. The lowest BCUT2D eigenvalue weighted by atomic mass is 9.75. The fraction of sp³-hybridized carbons (Fsp3) is 0.944. The summed E-state index contributed by atoms with van der Waals surface area (Å²) in [5.74, 6) is 2.46. The second-order valence-electron chi connectivity index (χ2n) is 7.94. The van der Waals surface area contributed by atoms with Crippen LogP contribution in [-0.2, 0) is 9.53 Å². The van der Waals surface area contributed by atoms with Gasteiger partial charge < -0.3 is 14.5 Å². The van der Waals surface area contributed by atoms with Crippen molar-refractivity contribution in [2.24, 2.45) is 23.7 Å². The Balaban J connectivity index is 1.63. The van der Waals surface area contributed by atoms with Crippen LogP contribution in [0.25, 0.3) is 0 Å². The molecule has 0 aromatic heterocycles. The van der Waals surface area contributed by atoms with Crippen molar-refractivity contribution in [1.82, 2.24) is 9.80 Å². The number of hydrogen-bond acceptors (Lipinski definition) is 3. The number of amides is 1. The summed E-state index contributed by atoms with van der Waals surface area (Å²) in [6.07, 6.45) is 4.86. The molecule has 1 aliphatic carbocycles. The van der Waals surface area contributed by atoms with Gasteiger partial charge in [-0.05, 0) is 64.5 Å². The van der Waals surface area contributed by atoms with Crippen molar-refractivity contribution in [3.8, 4) is 0 Å². The van der Waals surface area contributed by atoms with Gasteiger partial charge in [0.05, 0.1) is 6.61 Å². The Hall–Kier alpha value is -0.610. The quantitative estimate of drug-likeness (QED) is 0.781. The van der Waals surface area contributed by atoms with E-state index in [4.69, 9.17) is 4.74 Å². The summed E-state index contributed by atoms with van der Waals surface area (Å²) in [7, 11) is 1.97. The molecule has 2 saturated heterocycles. The topological polar surface area (TPSA) is 32.8 Å². The van der Waals surface area contributed by atoms with Crippen LogP contribution in [0.4, 0.5) is 0 Å². The summed E-state index contributed by atoms with van der Waals surface area (Å²) in [6.45, 7) is 9.38. The van der Waals surface area contributed by atoms with Crippen molar-refractivity contribution >= 4 is 5.91 Å². The number of nitrogens with zero attached hydrogens (tertiary/aromatic N) is 2. The molecule has 3 aliphatic rings. The Morgan fingerprint density at radius 2 is 1.86 bits per heavy atom. The Kier molecular flexibility index (Phi) is 5.08. The molecule has 1 amide bonds. The van der Waals surface area contributed by atoms with Crippen LogP contribution in [0, 0.1) is 23.7 Å². The summed E-state index contributed by atoms with van der Waals surface area (Å²) >= 11 is 0. The SMILES string of the molecule is CC(C)N1CC[C@@H]2[C@H](COCC3CC3)CN(C)C(=O)[C@@H]2CC1. The van der Waals surface area contributed by atoms with E-state index in [0.717, 1.165) is 51.6 Å². The van der Waals surface area contributed by atoms with Crippen LogP contribution >= 0.6 is 0 Å². The molecule has 1 saturated carbocycles. The van der Waals surface area contributed by atoms with E-state index in [-0.39, 0.29) is 5.92 Å². The number of rotatable bonds is 5. The fourth-order valence-corrected chi connectivity index (χ4v) is 4.24. The molecule has 126 valence electrons. The Labute approximate surface area is 135 Å². The number of fused-ring (bicyclic) bond motifs is 1. The third-order valence-corrected chi connectivity index (χ3v) is 5.91. The van der Waals surface area contributed by atoms with Gasteiger partial charge in [-0.15, -0.1) is 0 Å². The highest BCUT2D eigenvalue weighted by molar-refractivity contribution is 5.79. The Bertz CT molecular complexity index is 395. The molecular formula is C18H32N2O2. The molecule has 0 N–H and O–H groups in total. The minimum Gasteiger partial charge on any atom is -0.381 e.